The summed E-state index contributed by atoms with van der Waals surface area (Å²) in [6.45, 7) is 3.19. The Balaban J connectivity index is 1.72. The number of likely N-dealkylation sites (tertiary alicyclic amines) is 1. The van der Waals surface area contributed by atoms with Crippen LogP contribution in [0.25, 0.3) is 0 Å². The minimum Gasteiger partial charge on any atom is -0.481 e. The number of carbonyl (C=O) groups excluding carboxylic acids is 1. The van der Waals surface area contributed by atoms with Crippen LogP contribution in [0.15, 0.2) is 30.3 Å². The number of aliphatic carboxylic acids is 1. The maximum atomic E-state index is 13.1. The van der Waals surface area contributed by atoms with Crippen LogP contribution in [0.1, 0.15) is 45.4 Å². The Kier molecular flexibility index (Phi) is 5.42. The largest absolute Gasteiger partial charge is 0.481 e. The Morgan fingerprint density at radius 3 is 2.48 bits per heavy atom. The van der Waals surface area contributed by atoms with E-state index in [0.29, 0.717) is 26.1 Å². The summed E-state index contributed by atoms with van der Waals surface area (Å²) in [5, 5.41) is 9.39. The van der Waals surface area contributed by atoms with E-state index in [2.05, 4.69) is 0 Å². The smallest absolute Gasteiger partial charge is 0.310 e. The number of carboxylic acids is 1. The van der Waals surface area contributed by atoms with Gasteiger partial charge in [0.05, 0.1) is 12.0 Å². The molecule has 0 spiro atoms. The van der Waals surface area contributed by atoms with Crippen molar-refractivity contribution >= 4 is 17.6 Å². The maximum Gasteiger partial charge on any atom is 0.310 e. The molecule has 1 unspecified atom stereocenters. The number of para-hydroxylation sites is 1. The number of amides is 1. The Labute approximate surface area is 149 Å². The number of nitrogens with zero attached hydrogens (tertiary/aromatic N) is 2. The molecule has 5 heteroatoms. The highest BCUT2D eigenvalue weighted by Gasteiger charge is 2.41. The maximum absolute atomic E-state index is 13.1. The first-order valence-corrected chi connectivity index (χ1v) is 9.32. The first kappa shape index (κ1) is 17.9. The van der Waals surface area contributed by atoms with Gasteiger partial charge in [-0.2, -0.15) is 0 Å². The van der Waals surface area contributed by atoms with E-state index in [1.165, 1.54) is 19.3 Å². The molecular weight excluding hydrogens is 316 g/mol. The first-order chi connectivity index (χ1) is 12.0. The quantitative estimate of drug-likeness (QED) is 0.891. The van der Waals surface area contributed by atoms with Gasteiger partial charge in [-0.15, -0.1) is 0 Å². The van der Waals surface area contributed by atoms with Gasteiger partial charge in [0.15, 0.2) is 0 Å². The lowest BCUT2D eigenvalue weighted by atomic mass is 9.90. The molecule has 0 bridgehead atoms. The van der Waals surface area contributed by atoms with Crippen LogP contribution in [0.3, 0.4) is 0 Å². The molecule has 5 nitrogen and oxygen atoms in total. The minimum atomic E-state index is -0.769. The standard InChI is InChI=1S/C20H28N2O3/c1-20(19(24)25)12-13-21(15-20)14-18(23)22(16-8-4-2-5-9-16)17-10-6-3-7-11-17/h2,4-5,8-9,17H,3,6-7,10-15H2,1H3,(H,24,25). The van der Waals surface area contributed by atoms with Gasteiger partial charge in [0.1, 0.15) is 0 Å². The number of hydrogen-bond donors (Lipinski definition) is 1. The molecule has 1 amide bonds. The minimum absolute atomic E-state index is 0.0905. The molecule has 1 saturated carbocycles. The Hall–Kier alpha value is -1.88. The lowest BCUT2D eigenvalue weighted by Gasteiger charge is -2.35. The Morgan fingerprint density at radius 2 is 1.88 bits per heavy atom. The average molecular weight is 344 g/mol. The van der Waals surface area contributed by atoms with Crippen LogP contribution >= 0.6 is 0 Å². The third-order valence-corrected chi connectivity index (χ3v) is 5.67. The van der Waals surface area contributed by atoms with Crippen molar-refractivity contribution < 1.29 is 14.7 Å². The second kappa shape index (κ2) is 7.56. The van der Waals surface area contributed by atoms with Gasteiger partial charge in [0.2, 0.25) is 5.91 Å². The summed E-state index contributed by atoms with van der Waals surface area (Å²) in [6, 6.07) is 10.2. The molecule has 1 aromatic rings. The summed E-state index contributed by atoms with van der Waals surface area (Å²) in [5.41, 5.74) is 0.225. The van der Waals surface area contributed by atoms with Crippen molar-refractivity contribution in [2.45, 2.75) is 51.5 Å². The molecule has 1 atom stereocenters. The fourth-order valence-corrected chi connectivity index (χ4v) is 4.12. The van der Waals surface area contributed by atoms with Crippen LogP contribution in [-0.4, -0.2) is 47.6 Å². The number of anilines is 1. The average Bonchev–Trinajstić information content (AvgIpc) is 2.99. The molecule has 1 aromatic carbocycles. The number of hydrogen-bond acceptors (Lipinski definition) is 3. The second-order valence-electron chi connectivity index (χ2n) is 7.72. The van der Waals surface area contributed by atoms with E-state index in [-0.39, 0.29) is 11.9 Å². The molecule has 1 saturated heterocycles. The summed E-state index contributed by atoms with van der Waals surface area (Å²) in [4.78, 5) is 28.5. The van der Waals surface area contributed by atoms with Crippen molar-refractivity contribution in [3.63, 3.8) is 0 Å². The van der Waals surface area contributed by atoms with Crippen molar-refractivity contribution in [1.29, 1.82) is 0 Å². The second-order valence-corrected chi connectivity index (χ2v) is 7.72. The summed E-state index contributed by atoms with van der Waals surface area (Å²) in [7, 11) is 0. The van der Waals surface area contributed by atoms with Crippen LogP contribution < -0.4 is 4.90 Å². The number of carbonyl (C=O) groups is 2. The van der Waals surface area contributed by atoms with Gasteiger partial charge in [-0.25, -0.2) is 0 Å². The third-order valence-electron chi connectivity index (χ3n) is 5.67. The predicted molar refractivity (Wildman–Crippen MR) is 97.6 cm³/mol. The van der Waals surface area contributed by atoms with Crippen LogP contribution in [0.4, 0.5) is 5.69 Å². The summed E-state index contributed by atoms with van der Waals surface area (Å²) >= 11 is 0. The SMILES string of the molecule is CC1(C(=O)O)CCN(CC(=O)N(c2ccccc2)C2CCCCC2)C1. The summed E-state index contributed by atoms with van der Waals surface area (Å²) in [6.07, 6.45) is 6.28. The van der Waals surface area contributed by atoms with Crippen molar-refractivity contribution in [2.24, 2.45) is 5.41 Å². The zero-order valence-corrected chi connectivity index (χ0v) is 15.0. The van der Waals surface area contributed by atoms with Gasteiger partial charge in [-0.3, -0.25) is 14.5 Å². The summed E-state index contributed by atoms with van der Waals surface area (Å²) in [5.74, 6) is -0.678. The van der Waals surface area contributed by atoms with Crippen LogP contribution in [0.2, 0.25) is 0 Å². The number of benzene rings is 1. The predicted octanol–water partition coefficient (Wildman–Crippen LogP) is 3.15. The lowest BCUT2D eigenvalue weighted by molar-refractivity contribution is -0.147. The zero-order valence-electron chi connectivity index (χ0n) is 15.0. The Bertz CT molecular complexity index is 613. The molecule has 1 aliphatic carbocycles. The number of carboxylic acid groups (broad SMARTS) is 1. The molecule has 0 aromatic heterocycles. The third kappa shape index (κ3) is 4.03. The Morgan fingerprint density at radius 1 is 1.20 bits per heavy atom. The van der Waals surface area contributed by atoms with Gasteiger partial charge in [0.25, 0.3) is 0 Å². The van der Waals surface area contributed by atoms with E-state index >= 15 is 0 Å². The van der Waals surface area contributed by atoms with E-state index in [1.54, 1.807) is 6.92 Å². The number of rotatable bonds is 5. The zero-order chi connectivity index (χ0) is 17.9. The highest BCUT2D eigenvalue weighted by atomic mass is 16.4. The van der Waals surface area contributed by atoms with Gasteiger partial charge in [-0.05, 0) is 44.9 Å². The van der Waals surface area contributed by atoms with Crippen molar-refractivity contribution in [2.75, 3.05) is 24.5 Å². The molecule has 0 radical (unpaired) electrons. The highest BCUT2D eigenvalue weighted by Crippen LogP contribution is 2.31. The van der Waals surface area contributed by atoms with E-state index in [1.807, 2.05) is 40.1 Å². The van der Waals surface area contributed by atoms with Gasteiger partial charge in [-0.1, -0.05) is 37.5 Å². The molecule has 3 rings (SSSR count). The molecule has 2 aliphatic rings. The molecule has 2 fully saturated rings. The first-order valence-electron chi connectivity index (χ1n) is 9.32. The van der Waals surface area contributed by atoms with Crippen LogP contribution in [-0.2, 0) is 9.59 Å². The van der Waals surface area contributed by atoms with E-state index in [0.717, 1.165) is 18.5 Å². The van der Waals surface area contributed by atoms with E-state index < -0.39 is 11.4 Å². The monoisotopic (exact) mass is 344 g/mol. The molecule has 1 heterocycles. The lowest BCUT2D eigenvalue weighted by Crippen LogP contribution is -2.46. The van der Waals surface area contributed by atoms with Crippen molar-refractivity contribution in [1.82, 2.24) is 4.90 Å². The topological polar surface area (TPSA) is 60.9 Å². The molecule has 136 valence electrons. The van der Waals surface area contributed by atoms with E-state index in [4.69, 9.17) is 0 Å². The molecule has 1 aliphatic heterocycles. The van der Waals surface area contributed by atoms with Gasteiger partial charge >= 0.3 is 5.97 Å². The van der Waals surface area contributed by atoms with Crippen molar-refractivity contribution in [3.8, 4) is 0 Å². The fourth-order valence-electron chi connectivity index (χ4n) is 4.12. The van der Waals surface area contributed by atoms with Gasteiger partial charge < -0.3 is 10.0 Å². The normalized spacial score (nSPS) is 25.0. The van der Waals surface area contributed by atoms with E-state index in [9.17, 15) is 14.7 Å². The van der Waals surface area contributed by atoms with Crippen LogP contribution in [0, 0.1) is 5.41 Å². The van der Waals surface area contributed by atoms with Gasteiger partial charge in [0, 0.05) is 18.3 Å². The highest BCUT2D eigenvalue weighted by molar-refractivity contribution is 5.95. The van der Waals surface area contributed by atoms with Crippen molar-refractivity contribution in [3.05, 3.63) is 30.3 Å². The van der Waals surface area contributed by atoms with Crippen LogP contribution in [0.5, 0.6) is 0 Å². The molecule has 1 N–H and O–H groups in total. The summed E-state index contributed by atoms with van der Waals surface area (Å²) < 4.78 is 0. The fraction of sp³-hybridized carbons (Fsp3) is 0.600. The molecule has 25 heavy (non-hydrogen) atoms. The molecular formula is C20H28N2O3.